The summed E-state index contributed by atoms with van der Waals surface area (Å²) in [7, 11) is 0. The van der Waals surface area contributed by atoms with Crippen LogP contribution in [0.3, 0.4) is 0 Å². The summed E-state index contributed by atoms with van der Waals surface area (Å²) in [6.07, 6.45) is -3.14. The third-order valence-electron chi connectivity index (χ3n) is 4.44. The lowest BCUT2D eigenvalue weighted by atomic mass is 10.1. The fourth-order valence-corrected chi connectivity index (χ4v) is 2.95. The summed E-state index contributed by atoms with van der Waals surface area (Å²) in [5.74, 6) is -0.482. The van der Waals surface area contributed by atoms with Crippen LogP contribution in [0, 0.1) is 0 Å². The van der Waals surface area contributed by atoms with Gasteiger partial charge >= 0.3 is 6.18 Å². The molecule has 0 bridgehead atoms. The summed E-state index contributed by atoms with van der Waals surface area (Å²) in [6.45, 7) is -0.258. The number of amides is 1. The van der Waals surface area contributed by atoms with Crippen molar-refractivity contribution in [3.05, 3.63) is 76.3 Å². The third-order valence-corrected chi connectivity index (χ3v) is 4.44. The number of nitrogens with one attached hydrogen (secondary N) is 1. The van der Waals surface area contributed by atoms with Crippen molar-refractivity contribution in [3.63, 3.8) is 0 Å². The molecule has 1 N–H and O–H groups in total. The Labute approximate surface area is 161 Å². The third kappa shape index (κ3) is 3.71. The molecule has 0 spiro atoms. The quantitative estimate of drug-likeness (QED) is 0.568. The molecular formula is C20H14F3N3O3. The predicted molar refractivity (Wildman–Crippen MR) is 99.1 cm³/mol. The predicted octanol–water partition coefficient (Wildman–Crippen LogP) is 3.48. The highest BCUT2D eigenvalue weighted by atomic mass is 19.4. The molecule has 9 heteroatoms. The van der Waals surface area contributed by atoms with Gasteiger partial charge < -0.3 is 9.73 Å². The van der Waals surface area contributed by atoms with Crippen LogP contribution in [0.1, 0.15) is 11.1 Å². The molecule has 0 fully saturated rings. The number of hydrogen-bond donors (Lipinski definition) is 1. The largest absolute Gasteiger partial charge is 0.448 e. The van der Waals surface area contributed by atoms with Gasteiger partial charge in [0, 0.05) is 11.9 Å². The van der Waals surface area contributed by atoms with Crippen LogP contribution in [0.4, 0.5) is 13.2 Å². The van der Waals surface area contributed by atoms with Gasteiger partial charge in [-0.25, -0.2) is 4.98 Å². The number of aromatic nitrogens is 2. The number of benzene rings is 2. The van der Waals surface area contributed by atoms with Crippen LogP contribution >= 0.6 is 0 Å². The van der Waals surface area contributed by atoms with Crippen LogP contribution in [0.2, 0.25) is 0 Å². The number of nitrogens with zero attached hydrogens (tertiary/aromatic N) is 2. The van der Waals surface area contributed by atoms with Crippen molar-refractivity contribution >= 4 is 28.0 Å². The number of carbonyl (C=O) groups is 1. The Hall–Kier alpha value is -3.62. The number of hydrogen-bond acceptors (Lipinski definition) is 4. The number of fused-ring (bicyclic) bond motifs is 3. The molecule has 148 valence electrons. The smallest absolute Gasteiger partial charge is 0.416 e. The molecule has 2 aromatic carbocycles. The SMILES string of the molecule is O=C(Cn1cnc2c(oc3ccccc32)c1=O)NCc1ccc(C(F)(F)F)cc1. The van der Waals surface area contributed by atoms with Gasteiger partial charge in [-0.05, 0) is 29.8 Å². The summed E-state index contributed by atoms with van der Waals surface area (Å²) in [5, 5.41) is 3.28. The van der Waals surface area contributed by atoms with Crippen molar-refractivity contribution in [2.45, 2.75) is 19.3 Å². The number of halogens is 3. The molecule has 0 saturated heterocycles. The fourth-order valence-electron chi connectivity index (χ4n) is 2.95. The van der Waals surface area contributed by atoms with Gasteiger partial charge in [0.25, 0.3) is 5.56 Å². The van der Waals surface area contributed by atoms with Gasteiger partial charge in [-0.15, -0.1) is 0 Å². The molecule has 0 atom stereocenters. The maximum Gasteiger partial charge on any atom is 0.416 e. The Morgan fingerprint density at radius 2 is 1.83 bits per heavy atom. The van der Waals surface area contributed by atoms with E-state index in [9.17, 15) is 22.8 Å². The molecule has 0 radical (unpaired) electrons. The van der Waals surface area contributed by atoms with Crippen molar-refractivity contribution in [1.82, 2.24) is 14.9 Å². The zero-order valence-corrected chi connectivity index (χ0v) is 14.9. The summed E-state index contributed by atoms with van der Waals surface area (Å²) in [4.78, 5) is 29.0. The highest BCUT2D eigenvalue weighted by Crippen LogP contribution is 2.29. The second-order valence-electron chi connectivity index (χ2n) is 6.42. The van der Waals surface area contributed by atoms with Crippen molar-refractivity contribution in [1.29, 1.82) is 0 Å². The molecule has 0 unspecified atom stereocenters. The highest BCUT2D eigenvalue weighted by molar-refractivity contribution is 6.01. The zero-order valence-electron chi connectivity index (χ0n) is 14.9. The minimum absolute atomic E-state index is 0.0338. The summed E-state index contributed by atoms with van der Waals surface area (Å²) < 4.78 is 44.4. The fraction of sp³-hybridized carbons (Fsp3) is 0.150. The molecule has 29 heavy (non-hydrogen) atoms. The van der Waals surface area contributed by atoms with Gasteiger partial charge in [0.2, 0.25) is 11.5 Å². The van der Waals surface area contributed by atoms with Gasteiger partial charge in [0.05, 0.1) is 11.9 Å². The van der Waals surface area contributed by atoms with Crippen LogP contribution in [0.25, 0.3) is 22.1 Å². The first-order valence-electron chi connectivity index (χ1n) is 8.62. The topological polar surface area (TPSA) is 77.1 Å². The van der Waals surface area contributed by atoms with E-state index in [1.165, 1.54) is 18.5 Å². The second kappa shape index (κ2) is 7.08. The van der Waals surface area contributed by atoms with E-state index in [1.54, 1.807) is 24.3 Å². The van der Waals surface area contributed by atoms with Crippen molar-refractivity contribution in [2.75, 3.05) is 0 Å². The maximum absolute atomic E-state index is 12.6. The molecule has 2 heterocycles. The van der Waals surface area contributed by atoms with Crippen molar-refractivity contribution in [3.8, 4) is 0 Å². The van der Waals surface area contributed by atoms with Crippen molar-refractivity contribution in [2.24, 2.45) is 0 Å². The van der Waals surface area contributed by atoms with E-state index < -0.39 is 23.2 Å². The molecule has 0 aliphatic heterocycles. The molecule has 4 aromatic rings. The summed E-state index contributed by atoms with van der Waals surface area (Å²) >= 11 is 0. The lowest BCUT2D eigenvalue weighted by Gasteiger charge is -2.09. The normalized spacial score (nSPS) is 11.8. The summed E-state index contributed by atoms with van der Waals surface area (Å²) in [5.41, 5.74) is 0.262. The van der Waals surface area contributed by atoms with E-state index in [1.807, 2.05) is 0 Å². The molecule has 1 amide bonds. The lowest BCUT2D eigenvalue weighted by molar-refractivity contribution is -0.137. The molecule has 2 aromatic heterocycles. The van der Waals surface area contributed by atoms with Gasteiger partial charge in [0.1, 0.15) is 17.6 Å². The first-order chi connectivity index (χ1) is 13.8. The number of carbonyl (C=O) groups excluding carboxylic acids is 1. The van der Waals surface area contributed by atoms with E-state index >= 15 is 0 Å². The minimum atomic E-state index is -4.41. The first kappa shape index (κ1) is 18.7. The number of alkyl halides is 3. The average Bonchev–Trinajstić information content (AvgIpc) is 3.08. The Kier molecular flexibility index (Phi) is 4.57. The van der Waals surface area contributed by atoms with E-state index in [4.69, 9.17) is 4.42 Å². The lowest BCUT2D eigenvalue weighted by Crippen LogP contribution is -2.32. The van der Waals surface area contributed by atoms with Crippen LogP contribution in [-0.2, 0) is 24.1 Å². The Balaban J connectivity index is 1.47. The molecule has 6 nitrogen and oxygen atoms in total. The molecule has 0 aliphatic rings. The second-order valence-corrected chi connectivity index (χ2v) is 6.42. The number of furan rings is 1. The Morgan fingerprint density at radius 1 is 1.10 bits per heavy atom. The van der Waals surface area contributed by atoms with Crippen LogP contribution in [0.15, 0.2) is 64.1 Å². The molecule has 0 aliphatic carbocycles. The van der Waals surface area contributed by atoms with Gasteiger partial charge in [-0.1, -0.05) is 24.3 Å². The molecule has 4 rings (SSSR count). The van der Waals surface area contributed by atoms with Crippen molar-refractivity contribution < 1.29 is 22.4 Å². The Morgan fingerprint density at radius 3 is 2.55 bits per heavy atom. The van der Waals surface area contributed by atoms with E-state index in [0.717, 1.165) is 16.7 Å². The first-order valence-corrected chi connectivity index (χ1v) is 8.62. The maximum atomic E-state index is 12.6. The molecule has 0 saturated carbocycles. The number of rotatable bonds is 4. The van der Waals surface area contributed by atoms with E-state index in [0.29, 0.717) is 22.0 Å². The van der Waals surface area contributed by atoms with Gasteiger partial charge in [-0.2, -0.15) is 13.2 Å². The summed E-state index contributed by atoms with van der Waals surface area (Å²) in [6, 6.07) is 11.6. The number of para-hydroxylation sites is 1. The van der Waals surface area contributed by atoms with Gasteiger partial charge in [-0.3, -0.25) is 14.2 Å². The van der Waals surface area contributed by atoms with E-state index in [2.05, 4.69) is 10.3 Å². The van der Waals surface area contributed by atoms with E-state index in [-0.39, 0.29) is 18.7 Å². The highest BCUT2D eigenvalue weighted by Gasteiger charge is 2.29. The Bertz CT molecular complexity index is 1260. The van der Waals surface area contributed by atoms with Crippen LogP contribution < -0.4 is 10.9 Å². The van der Waals surface area contributed by atoms with Crippen LogP contribution in [0.5, 0.6) is 0 Å². The monoisotopic (exact) mass is 401 g/mol. The zero-order chi connectivity index (χ0) is 20.6. The van der Waals surface area contributed by atoms with Crippen LogP contribution in [-0.4, -0.2) is 15.5 Å². The minimum Gasteiger partial charge on any atom is -0.448 e. The van der Waals surface area contributed by atoms with Gasteiger partial charge in [0.15, 0.2) is 0 Å². The standard InChI is InChI=1S/C20H14F3N3O3/c21-20(22,23)13-7-5-12(6-8-13)9-24-16(27)10-26-11-25-17-14-3-1-2-4-15(14)29-18(17)19(26)28/h1-8,11H,9-10H2,(H,24,27). The molecular weight excluding hydrogens is 387 g/mol. The average molecular weight is 401 g/mol.